The molecule has 0 fully saturated rings. The van der Waals surface area contributed by atoms with Crippen LogP contribution >= 0.6 is 0 Å². The van der Waals surface area contributed by atoms with Crippen LogP contribution in [0.4, 0.5) is 5.69 Å². The first kappa shape index (κ1) is 9.65. The Morgan fingerprint density at radius 2 is 2.12 bits per heavy atom. The smallest absolute Gasteiger partial charge is 0.138 e. The second-order valence-corrected chi connectivity index (χ2v) is 3.75. The average molecular weight is 226 g/mol. The van der Waals surface area contributed by atoms with Gasteiger partial charge < -0.3 is 15.8 Å². The highest BCUT2D eigenvalue weighted by molar-refractivity contribution is 5.79. The monoisotopic (exact) mass is 226 g/mol. The maximum atomic E-state index is 9.36. The number of hydrogen-bond donors (Lipinski definition) is 3. The number of imidazole rings is 1. The summed E-state index contributed by atoms with van der Waals surface area (Å²) in [5.41, 5.74) is 8.53. The summed E-state index contributed by atoms with van der Waals surface area (Å²) in [4.78, 5) is 11.6. The molecule has 0 unspecified atom stereocenters. The zero-order chi connectivity index (χ0) is 11.8. The molecule has 0 saturated carbocycles. The number of pyridine rings is 1. The predicted octanol–water partition coefficient (Wildman–Crippen LogP) is 1.91. The molecule has 0 radical (unpaired) electrons. The molecule has 3 aromatic rings. The molecule has 4 N–H and O–H groups in total. The number of aromatic amines is 1. The number of fused-ring (bicyclic) bond motifs is 1. The minimum atomic E-state index is 0.0755. The summed E-state index contributed by atoms with van der Waals surface area (Å²) in [6, 6.07) is 6.83. The van der Waals surface area contributed by atoms with Crippen LogP contribution in [-0.2, 0) is 0 Å². The first-order chi connectivity index (χ1) is 8.24. The Kier molecular flexibility index (Phi) is 1.98. The van der Waals surface area contributed by atoms with Crippen LogP contribution in [0.25, 0.3) is 22.4 Å². The highest BCUT2D eigenvalue weighted by Crippen LogP contribution is 2.26. The van der Waals surface area contributed by atoms with E-state index in [-0.39, 0.29) is 5.75 Å². The van der Waals surface area contributed by atoms with E-state index in [1.807, 2.05) is 6.07 Å². The van der Waals surface area contributed by atoms with Gasteiger partial charge in [-0.3, -0.25) is 4.98 Å². The number of hydrogen-bond acceptors (Lipinski definition) is 4. The number of benzene rings is 1. The van der Waals surface area contributed by atoms with Crippen LogP contribution in [0.5, 0.6) is 5.75 Å². The third-order valence-corrected chi connectivity index (χ3v) is 2.58. The first-order valence-corrected chi connectivity index (χ1v) is 5.12. The summed E-state index contributed by atoms with van der Waals surface area (Å²) < 4.78 is 0. The van der Waals surface area contributed by atoms with Gasteiger partial charge in [0.05, 0.1) is 22.9 Å². The Bertz CT molecular complexity index is 657. The molecular formula is C12H10N4O. The van der Waals surface area contributed by atoms with Crippen LogP contribution in [-0.4, -0.2) is 20.1 Å². The minimum absolute atomic E-state index is 0.0755. The van der Waals surface area contributed by atoms with Gasteiger partial charge in [0, 0.05) is 11.8 Å². The molecule has 0 aliphatic carbocycles. The molecule has 0 aliphatic rings. The Balaban J connectivity index is 2.17. The number of nitrogens with two attached hydrogens (primary N) is 1. The molecule has 2 aromatic heterocycles. The molecule has 0 saturated heterocycles. The Labute approximate surface area is 97.0 Å². The van der Waals surface area contributed by atoms with Gasteiger partial charge in [-0.2, -0.15) is 0 Å². The fourth-order valence-corrected chi connectivity index (χ4v) is 1.70. The van der Waals surface area contributed by atoms with Crippen molar-refractivity contribution in [3.05, 3.63) is 36.7 Å². The molecule has 0 amide bonds. The molecule has 5 heteroatoms. The fraction of sp³-hybridized carbons (Fsp3) is 0. The Hall–Kier alpha value is -2.56. The molecule has 2 heterocycles. The molecule has 0 atom stereocenters. The standard InChI is InChI=1S/C12H10N4O/c13-8-5-7(1-2-11(8)17)12-15-9-3-4-14-6-10(9)16-12/h1-6,17H,13H2,(H,15,16). The molecule has 1 aromatic carbocycles. The quantitative estimate of drug-likeness (QED) is 0.437. The summed E-state index contributed by atoms with van der Waals surface area (Å²) in [6.45, 7) is 0. The van der Waals surface area contributed by atoms with Crippen molar-refractivity contribution in [1.29, 1.82) is 0 Å². The molecule has 3 rings (SSSR count). The SMILES string of the molecule is Nc1cc(-c2nc3ccncc3[nH]2)ccc1O. The Morgan fingerprint density at radius 3 is 2.88 bits per heavy atom. The number of nitrogens with zero attached hydrogens (tertiary/aromatic N) is 2. The number of nitrogen functional groups attached to an aromatic ring is 1. The van der Waals surface area contributed by atoms with Crippen molar-refractivity contribution < 1.29 is 5.11 Å². The number of aromatic hydroxyl groups is 1. The van der Waals surface area contributed by atoms with Gasteiger partial charge >= 0.3 is 0 Å². The Morgan fingerprint density at radius 1 is 1.24 bits per heavy atom. The van der Waals surface area contributed by atoms with Crippen molar-refractivity contribution >= 4 is 16.7 Å². The number of rotatable bonds is 1. The lowest BCUT2D eigenvalue weighted by atomic mass is 10.2. The van der Waals surface area contributed by atoms with Crippen molar-refractivity contribution in [2.75, 3.05) is 5.73 Å². The van der Waals surface area contributed by atoms with Gasteiger partial charge in [-0.05, 0) is 24.3 Å². The summed E-state index contributed by atoms with van der Waals surface area (Å²) >= 11 is 0. The van der Waals surface area contributed by atoms with Crippen LogP contribution in [0.15, 0.2) is 36.7 Å². The van der Waals surface area contributed by atoms with E-state index in [1.165, 1.54) is 0 Å². The van der Waals surface area contributed by atoms with E-state index in [1.54, 1.807) is 30.6 Å². The number of aromatic nitrogens is 3. The number of nitrogens with one attached hydrogen (secondary N) is 1. The van der Waals surface area contributed by atoms with E-state index in [4.69, 9.17) is 5.73 Å². The zero-order valence-electron chi connectivity index (χ0n) is 8.88. The average Bonchev–Trinajstić information content (AvgIpc) is 2.76. The van der Waals surface area contributed by atoms with Crippen LogP contribution < -0.4 is 5.73 Å². The van der Waals surface area contributed by atoms with E-state index in [9.17, 15) is 5.11 Å². The first-order valence-electron chi connectivity index (χ1n) is 5.12. The highest BCUT2D eigenvalue weighted by Gasteiger charge is 2.06. The maximum absolute atomic E-state index is 9.36. The van der Waals surface area contributed by atoms with E-state index in [0.717, 1.165) is 16.6 Å². The number of phenolic OH excluding ortho intramolecular Hbond substituents is 1. The predicted molar refractivity (Wildman–Crippen MR) is 65.4 cm³/mol. The zero-order valence-corrected chi connectivity index (χ0v) is 8.88. The van der Waals surface area contributed by atoms with Gasteiger partial charge in [-0.25, -0.2) is 4.98 Å². The summed E-state index contributed by atoms with van der Waals surface area (Å²) in [7, 11) is 0. The van der Waals surface area contributed by atoms with Gasteiger partial charge in [-0.1, -0.05) is 0 Å². The van der Waals surface area contributed by atoms with Crippen molar-refractivity contribution in [2.24, 2.45) is 0 Å². The number of anilines is 1. The number of H-pyrrole nitrogens is 1. The normalized spacial score (nSPS) is 10.8. The van der Waals surface area contributed by atoms with Crippen molar-refractivity contribution in [3.63, 3.8) is 0 Å². The molecule has 0 bridgehead atoms. The topological polar surface area (TPSA) is 87.8 Å². The molecule has 5 nitrogen and oxygen atoms in total. The molecule has 0 spiro atoms. The third-order valence-electron chi connectivity index (χ3n) is 2.58. The fourth-order valence-electron chi connectivity index (χ4n) is 1.70. The number of phenols is 1. The largest absolute Gasteiger partial charge is 0.506 e. The van der Waals surface area contributed by atoms with Gasteiger partial charge in [0.15, 0.2) is 0 Å². The van der Waals surface area contributed by atoms with Gasteiger partial charge in [0.2, 0.25) is 0 Å². The lowest BCUT2D eigenvalue weighted by Gasteiger charge is -2.00. The summed E-state index contributed by atoms with van der Waals surface area (Å²) in [5.74, 6) is 0.784. The van der Waals surface area contributed by atoms with Crippen LogP contribution in [0.3, 0.4) is 0 Å². The lowest BCUT2D eigenvalue weighted by Crippen LogP contribution is -1.87. The van der Waals surface area contributed by atoms with E-state index < -0.39 is 0 Å². The second kappa shape index (κ2) is 3.48. The minimum Gasteiger partial charge on any atom is -0.506 e. The van der Waals surface area contributed by atoms with E-state index in [0.29, 0.717) is 11.5 Å². The van der Waals surface area contributed by atoms with Crippen molar-refractivity contribution in [1.82, 2.24) is 15.0 Å². The maximum Gasteiger partial charge on any atom is 0.138 e. The second-order valence-electron chi connectivity index (χ2n) is 3.75. The van der Waals surface area contributed by atoms with E-state index in [2.05, 4.69) is 15.0 Å². The van der Waals surface area contributed by atoms with Crippen LogP contribution in [0.1, 0.15) is 0 Å². The van der Waals surface area contributed by atoms with Gasteiger partial charge in [0.1, 0.15) is 11.6 Å². The van der Waals surface area contributed by atoms with Crippen molar-refractivity contribution in [2.45, 2.75) is 0 Å². The molecule has 84 valence electrons. The van der Waals surface area contributed by atoms with Gasteiger partial charge in [-0.15, -0.1) is 0 Å². The highest BCUT2D eigenvalue weighted by atomic mass is 16.3. The van der Waals surface area contributed by atoms with E-state index >= 15 is 0 Å². The molecule has 17 heavy (non-hydrogen) atoms. The van der Waals surface area contributed by atoms with Crippen molar-refractivity contribution in [3.8, 4) is 17.1 Å². The lowest BCUT2D eigenvalue weighted by molar-refractivity contribution is 0.478. The van der Waals surface area contributed by atoms with Crippen LogP contribution in [0.2, 0.25) is 0 Å². The van der Waals surface area contributed by atoms with Gasteiger partial charge in [0.25, 0.3) is 0 Å². The summed E-state index contributed by atoms with van der Waals surface area (Å²) in [6.07, 6.45) is 3.41. The molecule has 0 aliphatic heterocycles. The third kappa shape index (κ3) is 1.57. The summed E-state index contributed by atoms with van der Waals surface area (Å²) in [5, 5.41) is 9.36. The van der Waals surface area contributed by atoms with Crippen LogP contribution in [0, 0.1) is 0 Å². The molecular weight excluding hydrogens is 216 g/mol.